The van der Waals surface area contributed by atoms with Gasteiger partial charge in [0.1, 0.15) is 0 Å². The van der Waals surface area contributed by atoms with Crippen LogP contribution in [0.3, 0.4) is 0 Å². The molecule has 0 aliphatic carbocycles. The standard InChI is InChI=1S/C14H23N3O4/c1-3-5-11-16-13(21-17-11)8-7-12(18)15-9-4-6-10(2)14(19)20/h10H,3-9H2,1-2H3,(H,15,18)(H,19,20). The SMILES string of the molecule is CCCc1noc(CCC(=O)NCCCC(C)C(=O)O)n1. The maximum Gasteiger partial charge on any atom is 0.306 e. The highest BCUT2D eigenvalue weighted by atomic mass is 16.5. The zero-order chi connectivity index (χ0) is 15.7. The number of amides is 1. The second kappa shape index (κ2) is 9.10. The minimum atomic E-state index is -0.805. The molecule has 0 radical (unpaired) electrons. The van der Waals surface area contributed by atoms with Gasteiger partial charge in [-0.1, -0.05) is 19.0 Å². The Hall–Kier alpha value is -1.92. The number of rotatable bonds is 10. The first-order chi connectivity index (χ1) is 10.0. The molecule has 1 aromatic heterocycles. The molecule has 1 atom stereocenters. The third-order valence-electron chi connectivity index (χ3n) is 3.11. The van der Waals surface area contributed by atoms with Crippen LogP contribution in [0.4, 0.5) is 0 Å². The summed E-state index contributed by atoms with van der Waals surface area (Å²) in [4.78, 5) is 26.4. The van der Waals surface area contributed by atoms with E-state index in [4.69, 9.17) is 9.63 Å². The first-order valence-electron chi connectivity index (χ1n) is 7.33. The molecule has 1 rings (SSSR count). The average molecular weight is 297 g/mol. The molecule has 0 spiro atoms. The van der Waals surface area contributed by atoms with Gasteiger partial charge in [0, 0.05) is 25.8 Å². The molecular weight excluding hydrogens is 274 g/mol. The van der Waals surface area contributed by atoms with E-state index in [1.54, 1.807) is 6.92 Å². The number of hydrogen-bond donors (Lipinski definition) is 2. The second-order valence-electron chi connectivity index (χ2n) is 5.09. The van der Waals surface area contributed by atoms with Gasteiger partial charge in [-0.2, -0.15) is 4.98 Å². The molecular formula is C14H23N3O4. The van der Waals surface area contributed by atoms with E-state index in [1.165, 1.54) is 0 Å². The van der Waals surface area contributed by atoms with Crippen LogP contribution in [0.1, 0.15) is 51.2 Å². The van der Waals surface area contributed by atoms with Crippen LogP contribution in [-0.4, -0.2) is 33.7 Å². The predicted octanol–water partition coefficient (Wildman–Crippen LogP) is 1.57. The number of carboxylic acids is 1. The highest BCUT2D eigenvalue weighted by molar-refractivity contribution is 5.76. The number of aromatic nitrogens is 2. The third kappa shape index (κ3) is 6.87. The van der Waals surface area contributed by atoms with Gasteiger partial charge in [-0.25, -0.2) is 0 Å². The summed E-state index contributed by atoms with van der Waals surface area (Å²) in [5.41, 5.74) is 0. The lowest BCUT2D eigenvalue weighted by molar-refractivity contribution is -0.141. The van der Waals surface area contributed by atoms with Gasteiger partial charge in [0.15, 0.2) is 5.82 Å². The Labute approximate surface area is 124 Å². The number of hydrogen-bond acceptors (Lipinski definition) is 5. The lowest BCUT2D eigenvalue weighted by Gasteiger charge is -2.06. The van der Waals surface area contributed by atoms with Crippen molar-refractivity contribution in [3.8, 4) is 0 Å². The van der Waals surface area contributed by atoms with Crippen molar-refractivity contribution >= 4 is 11.9 Å². The van der Waals surface area contributed by atoms with Gasteiger partial charge in [0.2, 0.25) is 11.8 Å². The molecule has 0 saturated heterocycles. The summed E-state index contributed by atoms with van der Waals surface area (Å²) >= 11 is 0. The molecule has 0 bridgehead atoms. The molecule has 0 aliphatic heterocycles. The Kier molecular flexibility index (Phi) is 7.42. The lowest BCUT2D eigenvalue weighted by atomic mass is 10.1. The number of carboxylic acid groups (broad SMARTS) is 1. The van der Waals surface area contributed by atoms with E-state index in [9.17, 15) is 9.59 Å². The number of aryl methyl sites for hydroxylation is 2. The Morgan fingerprint density at radius 2 is 2.14 bits per heavy atom. The summed E-state index contributed by atoms with van der Waals surface area (Å²) in [5.74, 6) is -0.116. The summed E-state index contributed by atoms with van der Waals surface area (Å²) in [7, 11) is 0. The summed E-state index contributed by atoms with van der Waals surface area (Å²) in [6, 6.07) is 0. The molecule has 1 unspecified atom stereocenters. The number of nitrogens with zero attached hydrogens (tertiary/aromatic N) is 2. The van der Waals surface area contributed by atoms with Crippen molar-refractivity contribution in [2.24, 2.45) is 5.92 Å². The van der Waals surface area contributed by atoms with E-state index >= 15 is 0 Å². The topological polar surface area (TPSA) is 105 Å². The average Bonchev–Trinajstić information content (AvgIpc) is 2.89. The lowest BCUT2D eigenvalue weighted by Crippen LogP contribution is -2.25. The summed E-state index contributed by atoms with van der Waals surface area (Å²) in [5, 5.41) is 15.3. The Balaban J connectivity index is 2.14. The van der Waals surface area contributed by atoms with Crippen LogP contribution in [0, 0.1) is 5.92 Å². The molecule has 0 fully saturated rings. The van der Waals surface area contributed by atoms with E-state index < -0.39 is 5.97 Å². The molecule has 0 aliphatic rings. The monoisotopic (exact) mass is 297 g/mol. The molecule has 1 amide bonds. The van der Waals surface area contributed by atoms with Crippen LogP contribution in [0.2, 0.25) is 0 Å². The first kappa shape index (κ1) is 17.1. The van der Waals surface area contributed by atoms with Gasteiger partial charge in [0.05, 0.1) is 5.92 Å². The normalized spacial score (nSPS) is 12.1. The third-order valence-corrected chi connectivity index (χ3v) is 3.11. The first-order valence-corrected chi connectivity index (χ1v) is 7.33. The quantitative estimate of drug-likeness (QED) is 0.635. The number of nitrogens with one attached hydrogen (secondary N) is 1. The van der Waals surface area contributed by atoms with Crippen molar-refractivity contribution in [2.45, 2.75) is 52.4 Å². The maximum atomic E-state index is 11.6. The Bertz CT molecular complexity index is 459. The molecule has 118 valence electrons. The van der Waals surface area contributed by atoms with Gasteiger partial charge in [-0.05, 0) is 19.3 Å². The van der Waals surface area contributed by atoms with Gasteiger partial charge in [-0.15, -0.1) is 0 Å². The fourth-order valence-electron chi connectivity index (χ4n) is 1.79. The fourth-order valence-corrected chi connectivity index (χ4v) is 1.79. The van der Waals surface area contributed by atoms with Crippen LogP contribution in [0.15, 0.2) is 4.52 Å². The summed E-state index contributed by atoms with van der Waals surface area (Å²) in [6.07, 6.45) is 3.65. The van der Waals surface area contributed by atoms with Crippen LogP contribution in [0.5, 0.6) is 0 Å². The van der Waals surface area contributed by atoms with Gasteiger partial charge in [0.25, 0.3) is 0 Å². The highest BCUT2D eigenvalue weighted by Crippen LogP contribution is 2.05. The number of aliphatic carboxylic acids is 1. The molecule has 0 aromatic carbocycles. The molecule has 21 heavy (non-hydrogen) atoms. The Morgan fingerprint density at radius 1 is 1.38 bits per heavy atom. The van der Waals surface area contributed by atoms with Crippen molar-refractivity contribution in [1.29, 1.82) is 0 Å². The minimum Gasteiger partial charge on any atom is -0.481 e. The molecule has 1 aromatic rings. The van der Waals surface area contributed by atoms with Crippen molar-refractivity contribution in [2.75, 3.05) is 6.54 Å². The van der Waals surface area contributed by atoms with Gasteiger partial charge >= 0.3 is 5.97 Å². The summed E-state index contributed by atoms with van der Waals surface area (Å²) < 4.78 is 5.04. The van der Waals surface area contributed by atoms with Crippen molar-refractivity contribution < 1.29 is 19.2 Å². The van der Waals surface area contributed by atoms with E-state index in [1.807, 2.05) is 6.92 Å². The van der Waals surface area contributed by atoms with Crippen molar-refractivity contribution in [1.82, 2.24) is 15.5 Å². The second-order valence-corrected chi connectivity index (χ2v) is 5.09. The molecule has 7 heteroatoms. The Morgan fingerprint density at radius 3 is 2.81 bits per heavy atom. The number of carbonyl (C=O) groups is 2. The highest BCUT2D eigenvalue weighted by Gasteiger charge is 2.11. The van der Waals surface area contributed by atoms with Gasteiger partial charge < -0.3 is 14.9 Å². The molecule has 7 nitrogen and oxygen atoms in total. The minimum absolute atomic E-state index is 0.0896. The zero-order valence-electron chi connectivity index (χ0n) is 12.6. The smallest absolute Gasteiger partial charge is 0.306 e. The van der Waals surface area contributed by atoms with Crippen LogP contribution in [-0.2, 0) is 22.4 Å². The zero-order valence-corrected chi connectivity index (χ0v) is 12.6. The number of carbonyl (C=O) groups excluding carboxylic acids is 1. The van der Waals surface area contributed by atoms with Crippen LogP contribution < -0.4 is 5.32 Å². The van der Waals surface area contributed by atoms with E-state index in [-0.39, 0.29) is 11.8 Å². The fraction of sp³-hybridized carbons (Fsp3) is 0.714. The van der Waals surface area contributed by atoms with Crippen molar-refractivity contribution in [3.63, 3.8) is 0 Å². The van der Waals surface area contributed by atoms with E-state index in [2.05, 4.69) is 15.5 Å². The van der Waals surface area contributed by atoms with Crippen LogP contribution in [0.25, 0.3) is 0 Å². The summed E-state index contributed by atoms with van der Waals surface area (Å²) in [6.45, 7) is 4.18. The maximum absolute atomic E-state index is 11.6. The van der Waals surface area contributed by atoms with Crippen LogP contribution >= 0.6 is 0 Å². The molecule has 2 N–H and O–H groups in total. The van der Waals surface area contributed by atoms with E-state index in [0.717, 1.165) is 12.8 Å². The molecule has 0 saturated carbocycles. The van der Waals surface area contributed by atoms with E-state index in [0.29, 0.717) is 43.9 Å². The predicted molar refractivity (Wildman–Crippen MR) is 75.7 cm³/mol. The molecule has 1 heterocycles. The largest absolute Gasteiger partial charge is 0.481 e. The van der Waals surface area contributed by atoms with Gasteiger partial charge in [-0.3, -0.25) is 9.59 Å². The van der Waals surface area contributed by atoms with Crippen molar-refractivity contribution in [3.05, 3.63) is 11.7 Å².